The van der Waals surface area contributed by atoms with Crippen molar-refractivity contribution in [2.24, 2.45) is 5.92 Å². The Balaban J connectivity index is 1.67. The third kappa shape index (κ3) is 8.64. The van der Waals surface area contributed by atoms with E-state index in [1.165, 1.54) is 30.4 Å². The minimum absolute atomic E-state index is 0.00275. The number of ether oxygens (including phenoxy) is 1. The van der Waals surface area contributed by atoms with E-state index in [1.54, 1.807) is 6.08 Å². The van der Waals surface area contributed by atoms with Gasteiger partial charge >= 0.3 is 6.18 Å². The summed E-state index contributed by atoms with van der Waals surface area (Å²) in [5.41, 5.74) is -0.684. The van der Waals surface area contributed by atoms with Crippen LogP contribution in [0.15, 0.2) is 48.2 Å². The number of halogens is 3. The molecule has 2 heterocycles. The van der Waals surface area contributed by atoms with Crippen molar-refractivity contribution >= 4 is 39.9 Å². The number of benzene rings is 1. The standard InChI is InChI=1S/C31H32F3N5O3S/c1-3-4-5-6-7-8-22(35)17-39-18-26(24-15-21(31(32,33)34)12-13-27(24)42-2)25(16-23(39)19-40)29(41)36-30-38-37-28(43-30)14-11-20-9-10-20/h7-8,12-13,15-16,18-20,23,35H,3-6,9-10,17H2,1-2H3,(H,36,38,41)/b8-7-,35-22?. The number of anilines is 1. The third-order valence-electron chi connectivity index (χ3n) is 6.76. The number of amides is 1. The van der Waals surface area contributed by atoms with Gasteiger partial charge in [0.05, 0.1) is 24.9 Å². The van der Waals surface area contributed by atoms with Crippen molar-refractivity contribution in [3.05, 3.63) is 64.3 Å². The number of hydrogen-bond acceptors (Lipinski definition) is 8. The van der Waals surface area contributed by atoms with Crippen molar-refractivity contribution in [1.82, 2.24) is 15.1 Å². The SMILES string of the molecule is CCCCC/C=C\C(=N)CN1C=C(c2cc(C(F)(F)F)ccc2OC)C(C(=O)Nc2nnc(C#CC3CC3)s2)=CC1C=O. The maximum absolute atomic E-state index is 13.7. The van der Waals surface area contributed by atoms with Crippen molar-refractivity contribution in [3.63, 3.8) is 0 Å². The van der Waals surface area contributed by atoms with Crippen molar-refractivity contribution in [3.8, 4) is 17.6 Å². The van der Waals surface area contributed by atoms with Crippen LogP contribution in [0.4, 0.5) is 18.3 Å². The van der Waals surface area contributed by atoms with Crippen LogP contribution in [-0.4, -0.2) is 52.7 Å². The van der Waals surface area contributed by atoms with E-state index in [1.807, 2.05) is 6.08 Å². The molecule has 1 aromatic heterocycles. The minimum atomic E-state index is -4.65. The molecule has 0 spiro atoms. The van der Waals surface area contributed by atoms with Crippen LogP contribution < -0.4 is 10.1 Å². The van der Waals surface area contributed by atoms with E-state index in [2.05, 4.69) is 34.3 Å². The molecule has 1 fully saturated rings. The second-order valence-electron chi connectivity index (χ2n) is 10.2. The predicted molar refractivity (Wildman–Crippen MR) is 160 cm³/mol. The zero-order valence-electron chi connectivity index (χ0n) is 23.8. The Hall–Kier alpha value is -4.24. The zero-order valence-corrected chi connectivity index (χ0v) is 24.6. The van der Waals surface area contributed by atoms with Crippen LogP contribution in [-0.2, 0) is 15.8 Å². The molecule has 1 aliphatic carbocycles. The lowest BCUT2D eigenvalue weighted by molar-refractivity contribution is -0.137. The van der Waals surface area contributed by atoms with Crippen LogP contribution in [0.25, 0.3) is 5.57 Å². The van der Waals surface area contributed by atoms with E-state index in [-0.39, 0.29) is 39.8 Å². The number of carbonyl (C=O) groups excluding carboxylic acids is 2. The summed E-state index contributed by atoms with van der Waals surface area (Å²) >= 11 is 1.07. The Morgan fingerprint density at radius 2 is 2.07 bits per heavy atom. The number of unbranched alkanes of at least 4 members (excludes halogenated alkanes) is 3. The van der Waals surface area contributed by atoms with E-state index in [0.717, 1.165) is 62.0 Å². The molecular weight excluding hydrogens is 579 g/mol. The number of allylic oxidation sites excluding steroid dienone is 1. The first kappa shape index (κ1) is 31.7. The number of methoxy groups -OCH3 is 1. The van der Waals surface area contributed by atoms with Crippen LogP contribution in [0.1, 0.15) is 61.6 Å². The lowest BCUT2D eigenvalue weighted by Gasteiger charge is -2.31. The molecule has 4 rings (SSSR count). The second-order valence-corrected chi connectivity index (χ2v) is 11.1. The number of alkyl halides is 3. The molecule has 1 atom stereocenters. The summed E-state index contributed by atoms with van der Waals surface area (Å²) in [6.45, 7) is 2.09. The Labute approximate surface area is 252 Å². The third-order valence-corrected chi connectivity index (χ3v) is 7.51. The normalized spacial score (nSPS) is 16.7. The Bertz CT molecular complexity index is 1510. The number of carbonyl (C=O) groups is 2. The fourth-order valence-corrected chi connectivity index (χ4v) is 4.92. The highest BCUT2D eigenvalue weighted by molar-refractivity contribution is 7.15. The molecule has 2 N–H and O–H groups in total. The maximum atomic E-state index is 13.7. The number of nitrogens with zero attached hydrogens (tertiary/aromatic N) is 3. The van der Waals surface area contributed by atoms with E-state index >= 15 is 0 Å². The Morgan fingerprint density at radius 3 is 2.74 bits per heavy atom. The summed E-state index contributed by atoms with van der Waals surface area (Å²) < 4.78 is 46.5. The van der Waals surface area contributed by atoms with Gasteiger partial charge in [0.15, 0.2) is 5.01 Å². The topological polar surface area (TPSA) is 108 Å². The Morgan fingerprint density at radius 1 is 1.28 bits per heavy atom. The van der Waals surface area contributed by atoms with Crippen molar-refractivity contribution < 1.29 is 27.5 Å². The van der Waals surface area contributed by atoms with Crippen LogP contribution in [0.3, 0.4) is 0 Å². The fourth-order valence-electron chi connectivity index (χ4n) is 4.32. The van der Waals surface area contributed by atoms with Crippen molar-refractivity contribution in [2.45, 2.75) is 57.7 Å². The van der Waals surface area contributed by atoms with Gasteiger partial charge in [0.2, 0.25) is 5.13 Å². The molecule has 2 aromatic rings. The van der Waals surface area contributed by atoms with Gasteiger partial charge in [-0.2, -0.15) is 13.2 Å². The summed E-state index contributed by atoms with van der Waals surface area (Å²) in [6, 6.07) is 2.03. The second kappa shape index (κ2) is 14.3. The van der Waals surface area contributed by atoms with Crippen molar-refractivity contribution in [1.29, 1.82) is 5.41 Å². The smallest absolute Gasteiger partial charge is 0.416 e. The number of aldehydes is 1. The molecule has 1 amide bonds. The first-order valence-corrected chi connectivity index (χ1v) is 14.8. The summed E-state index contributed by atoms with van der Waals surface area (Å²) in [7, 11) is 1.31. The fraction of sp³-hybridized carbons (Fsp3) is 0.387. The largest absolute Gasteiger partial charge is 0.496 e. The molecule has 1 saturated carbocycles. The molecule has 2 aliphatic rings. The molecule has 12 heteroatoms. The van der Waals surface area contributed by atoms with Gasteiger partial charge in [-0.25, -0.2) is 0 Å². The van der Waals surface area contributed by atoms with Crippen LogP contribution >= 0.6 is 11.3 Å². The Kier molecular flexibility index (Phi) is 10.5. The predicted octanol–water partition coefficient (Wildman–Crippen LogP) is 6.27. The highest BCUT2D eigenvalue weighted by Gasteiger charge is 2.34. The van der Waals surface area contributed by atoms with E-state index < -0.39 is 23.7 Å². The van der Waals surface area contributed by atoms with Crippen LogP contribution in [0.5, 0.6) is 5.75 Å². The lowest BCUT2D eigenvalue weighted by atomic mass is 9.91. The molecule has 0 bridgehead atoms. The number of nitrogens with one attached hydrogen (secondary N) is 2. The first-order valence-electron chi connectivity index (χ1n) is 13.9. The van der Waals surface area contributed by atoms with E-state index in [4.69, 9.17) is 10.1 Å². The van der Waals surface area contributed by atoms with Gasteiger partial charge in [0.25, 0.3) is 5.91 Å². The lowest BCUT2D eigenvalue weighted by Crippen LogP contribution is -2.38. The molecule has 1 aromatic carbocycles. The van der Waals surface area contributed by atoms with Crippen LogP contribution in [0, 0.1) is 23.2 Å². The number of hydrogen-bond donors (Lipinski definition) is 2. The van der Waals surface area contributed by atoms with Gasteiger partial charge in [-0.05, 0) is 62.0 Å². The molecule has 226 valence electrons. The monoisotopic (exact) mass is 611 g/mol. The van der Waals surface area contributed by atoms with E-state index in [0.29, 0.717) is 17.2 Å². The average Bonchev–Trinajstić information content (AvgIpc) is 3.71. The van der Waals surface area contributed by atoms with Crippen molar-refractivity contribution in [2.75, 3.05) is 19.0 Å². The number of aromatic nitrogens is 2. The maximum Gasteiger partial charge on any atom is 0.416 e. The highest BCUT2D eigenvalue weighted by Crippen LogP contribution is 2.39. The van der Waals surface area contributed by atoms with Gasteiger partial charge < -0.3 is 19.8 Å². The first-order chi connectivity index (χ1) is 20.6. The van der Waals surface area contributed by atoms with Gasteiger partial charge in [0, 0.05) is 28.8 Å². The zero-order chi connectivity index (χ0) is 31.0. The summed E-state index contributed by atoms with van der Waals surface area (Å²) in [6.07, 6.45) is 8.32. The minimum Gasteiger partial charge on any atom is -0.496 e. The molecule has 1 unspecified atom stereocenters. The summed E-state index contributed by atoms with van der Waals surface area (Å²) in [5, 5.41) is 19.6. The van der Waals surface area contributed by atoms with Crippen LogP contribution in [0.2, 0.25) is 0 Å². The molecule has 0 radical (unpaired) electrons. The molecule has 1 aliphatic heterocycles. The highest BCUT2D eigenvalue weighted by atomic mass is 32.1. The van der Waals surface area contributed by atoms with Gasteiger partial charge in [-0.1, -0.05) is 43.1 Å². The molecule has 8 nitrogen and oxygen atoms in total. The molecular formula is C31H32F3N5O3S. The average molecular weight is 612 g/mol. The van der Waals surface area contributed by atoms with E-state index in [9.17, 15) is 22.8 Å². The van der Waals surface area contributed by atoms with Gasteiger partial charge in [-0.3, -0.25) is 10.1 Å². The number of rotatable bonds is 12. The summed E-state index contributed by atoms with van der Waals surface area (Å²) in [5.74, 6) is 5.76. The van der Waals surface area contributed by atoms with Gasteiger partial charge in [0.1, 0.15) is 18.1 Å². The molecule has 43 heavy (non-hydrogen) atoms. The quantitative estimate of drug-likeness (QED) is 0.127. The van der Waals surface area contributed by atoms with Gasteiger partial charge in [-0.15, -0.1) is 10.2 Å². The summed E-state index contributed by atoms with van der Waals surface area (Å²) in [4.78, 5) is 27.2. The molecule has 0 saturated heterocycles.